The van der Waals surface area contributed by atoms with Crippen LogP contribution in [0.1, 0.15) is 18.4 Å². The van der Waals surface area contributed by atoms with Gasteiger partial charge in [0.15, 0.2) is 5.82 Å². The van der Waals surface area contributed by atoms with Crippen molar-refractivity contribution < 1.29 is 4.79 Å². The molecule has 2 heterocycles. The summed E-state index contributed by atoms with van der Waals surface area (Å²) in [5, 5.41) is 3.74. The molecule has 0 unspecified atom stereocenters. The van der Waals surface area contributed by atoms with Crippen LogP contribution in [0.3, 0.4) is 0 Å². The molecule has 1 amide bonds. The number of rotatable bonds is 5. The number of hydrogen-bond donors (Lipinski definition) is 2. The molecule has 1 aliphatic heterocycles. The summed E-state index contributed by atoms with van der Waals surface area (Å²) in [4.78, 5) is 34.3. The highest BCUT2D eigenvalue weighted by Gasteiger charge is 2.26. The summed E-state index contributed by atoms with van der Waals surface area (Å²) in [6.45, 7) is 1.89. The molecule has 2 aromatic carbocycles. The number of nitrogens with one attached hydrogen (secondary N) is 2. The van der Waals surface area contributed by atoms with E-state index in [-0.39, 0.29) is 17.4 Å². The van der Waals surface area contributed by atoms with E-state index in [1.165, 1.54) is 0 Å². The number of anilines is 1. The molecular weight excluding hydrogens is 388 g/mol. The van der Waals surface area contributed by atoms with Gasteiger partial charge < -0.3 is 15.2 Å². The maximum atomic E-state index is 12.5. The van der Waals surface area contributed by atoms with Crippen LogP contribution in [0.15, 0.2) is 53.3 Å². The number of aromatic amines is 1. The Kier molecular flexibility index (Phi) is 5.81. The lowest BCUT2D eigenvalue weighted by molar-refractivity contribution is -0.125. The first-order valence-electron chi connectivity index (χ1n) is 9.86. The molecule has 150 valence electrons. The Bertz CT molecular complexity index is 1060. The van der Waals surface area contributed by atoms with E-state index in [4.69, 9.17) is 11.6 Å². The van der Waals surface area contributed by atoms with Crippen LogP contribution < -0.4 is 15.8 Å². The number of aromatic nitrogens is 2. The van der Waals surface area contributed by atoms with Crippen molar-refractivity contribution >= 4 is 34.4 Å². The Balaban J connectivity index is 1.31. The minimum Gasteiger partial charge on any atom is -0.356 e. The number of fused-ring (bicyclic) bond motifs is 1. The topological polar surface area (TPSA) is 78.1 Å². The fourth-order valence-corrected chi connectivity index (χ4v) is 3.84. The Hall–Kier alpha value is -2.86. The van der Waals surface area contributed by atoms with Crippen molar-refractivity contribution in [3.63, 3.8) is 0 Å². The van der Waals surface area contributed by atoms with Crippen molar-refractivity contribution in [3.8, 4) is 0 Å². The van der Waals surface area contributed by atoms with Crippen LogP contribution in [-0.4, -0.2) is 35.5 Å². The van der Waals surface area contributed by atoms with Crippen LogP contribution in [0.2, 0.25) is 5.02 Å². The lowest BCUT2D eigenvalue weighted by Crippen LogP contribution is -2.42. The standard InChI is InChI=1S/C22H23ClN4O2/c23-17-7-5-15(6-8-17)9-12-24-21(28)16-10-13-27(14-11-16)20-22(29)26-19-4-2-1-3-18(19)25-20/h1-8,16H,9-14H2,(H,24,28)(H,26,29). The van der Waals surface area contributed by atoms with Gasteiger partial charge in [0.05, 0.1) is 11.0 Å². The van der Waals surface area contributed by atoms with Gasteiger partial charge in [-0.15, -0.1) is 0 Å². The van der Waals surface area contributed by atoms with Gasteiger partial charge in [-0.25, -0.2) is 4.98 Å². The van der Waals surface area contributed by atoms with E-state index in [9.17, 15) is 9.59 Å². The number of halogens is 1. The second-order valence-electron chi connectivity index (χ2n) is 7.34. The van der Waals surface area contributed by atoms with E-state index in [2.05, 4.69) is 15.3 Å². The van der Waals surface area contributed by atoms with E-state index < -0.39 is 0 Å². The van der Waals surface area contributed by atoms with Gasteiger partial charge in [-0.2, -0.15) is 0 Å². The zero-order chi connectivity index (χ0) is 20.2. The number of carbonyl (C=O) groups excluding carboxylic acids is 1. The summed E-state index contributed by atoms with van der Waals surface area (Å²) < 4.78 is 0. The van der Waals surface area contributed by atoms with Gasteiger partial charge in [0.25, 0.3) is 5.56 Å². The number of benzene rings is 2. The number of piperidine rings is 1. The SMILES string of the molecule is O=C(NCCc1ccc(Cl)cc1)C1CCN(c2nc3ccccc3[nH]c2=O)CC1. The average Bonchev–Trinajstić information content (AvgIpc) is 2.75. The van der Waals surface area contributed by atoms with Gasteiger partial charge >= 0.3 is 0 Å². The highest BCUT2D eigenvalue weighted by Crippen LogP contribution is 2.21. The Morgan fingerprint density at radius 2 is 1.86 bits per heavy atom. The molecule has 1 aromatic heterocycles. The lowest BCUT2D eigenvalue weighted by Gasteiger charge is -2.31. The summed E-state index contributed by atoms with van der Waals surface area (Å²) in [7, 11) is 0. The van der Waals surface area contributed by atoms with E-state index in [1.807, 2.05) is 53.4 Å². The number of nitrogens with zero attached hydrogens (tertiary/aromatic N) is 2. The van der Waals surface area contributed by atoms with Gasteiger partial charge in [-0.3, -0.25) is 9.59 Å². The molecule has 2 N–H and O–H groups in total. The largest absolute Gasteiger partial charge is 0.356 e. The Morgan fingerprint density at radius 1 is 1.14 bits per heavy atom. The first-order chi connectivity index (χ1) is 14.1. The Morgan fingerprint density at radius 3 is 2.62 bits per heavy atom. The third-order valence-electron chi connectivity index (χ3n) is 5.37. The molecule has 3 aromatic rings. The first kappa shape index (κ1) is 19.5. The van der Waals surface area contributed by atoms with Crippen LogP contribution in [-0.2, 0) is 11.2 Å². The second kappa shape index (κ2) is 8.66. The van der Waals surface area contributed by atoms with Crippen molar-refractivity contribution in [2.24, 2.45) is 5.92 Å². The molecule has 0 bridgehead atoms. The molecule has 1 aliphatic rings. The van der Waals surface area contributed by atoms with Gasteiger partial charge in [0, 0.05) is 30.6 Å². The Labute approximate surface area is 173 Å². The number of hydrogen-bond acceptors (Lipinski definition) is 4. The predicted molar refractivity (Wildman–Crippen MR) is 115 cm³/mol. The maximum Gasteiger partial charge on any atom is 0.291 e. The number of H-pyrrole nitrogens is 1. The summed E-state index contributed by atoms with van der Waals surface area (Å²) in [6.07, 6.45) is 2.19. The van der Waals surface area contributed by atoms with Crippen LogP contribution in [0.4, 0.5) is 5.82 Å². The van der Waals surface area contributed by atoms with E-state index >= 15 is 0 Å². The molecule has 0 spiro atoms. The molecule has 0 saturated carbocycles. The third-order valence-corrected chi connectivity index (χ3v) is 5.63. The van der Waals surface area contributed by atoms with Crippen molar-refractivity contribution in [3.05, 3.63) is 69.5 Å². The van der Waals surface area contributed by atoms with Crippen molar-refractivity contribution in [1.29, 1.82) is 0 Å². The minimum absolute atomic E-state index is 0.0315. The molecule has 1 fully saturated rings. The summed E-state index contributed by atoms with van der Waals surface area (Å²) in [6, 6.07) is 15.2. The summed E-state index contributed by atoms with van der Waals surface area (Å²) in [5.41, 5.74) is 2.46. The smallest absolute Gasteiger partial charge is 0.291 e. The van der Waals surface area contributed by atoms with Gasteiger partial charge in [0.1, 0.15) is 0 Å². The van der Waals surface area contributed by atoms with Gasteiger partial charge in [-0.05, 0) is 49.1 Å². The zero-order valence-corrected chi connectivity index (χ0v) is 16.8. The van der Waals surface area contributed by atoms with Crippen LogP contribution >= 0.6 is 11.6 Å². The average molecular weight is 411 g/mol. The maximum absolute atomic E-state index is 12.5. The quantitative estimate of drug-likeness (QED) is 0.677. The highest BCUT2D eigenvalue weighted by atomic mass is 35.5. The fourth-order valence-electron chi connectivity index (χ4n) is 3.71. The number of amides is 1. The van der Waals surface area contributed by atoms with E-state index in [0.29, 0.717) is 43.3 Å². The van der Waals surface area contributed by atoms with Crippen LogP contribution in [0.5, 0.6) is 0 Å². The second-order valence-corrected chi connectivity index (χ2v) is 7.77. The van der Waals surface area contributed by atoms with Gasteiger partial charge in [0.2, 0.25) is 5.91 Å². The van der Waals surface area contributed by atoms with Crippen molar-refractivity contribution in [1.82, 2.24) is 15.3 Å². The van der Waals surface area contributed by atoms with E-state index in [1.54, 1.807) is 0 Å². The van der Waals surface area contributed by atoms with Crippen LogP contribution in [0.25, 0.3) is 11.0 Å². The third kappa shape index (κ3) is 4.59. The summed E-state index contributed by atoms with van der Waals surface area (Å²) >= 11 is 5.89. The summed E-state index contributed by atoms with van der Waals surface area (Å²) in [5.74, 6) is 0.486. The predicted octanol–water partition coefficient (Wildman–Crippen LogP) is 3.15. The van der Waals surface area contributed by atoms with E-state index in [0.717, 1.165) is 23.0 Å². The molecular formula is C22H23ClN4O2. The van der Waals surface area contributed by atoms with Gasteiger partial charge in [-0.1, -0.05) is 35.9 Å². The number of carbonyl (C=O) groups is 1. The monoisotopic (exact) mass is 410 g/mol. The van der Waals surface area contributed by atoms with Crippen molar-refractivity contribution in [2.45, 2.75) is 19.3 Å². The lowest BCUT2D eigenvalue weighted by atomic mass is 9.96. The fraction of sp³-hybridized carbons (Fsp3) is 0.318. The van der Waals surface area contributed by atoms with Crippen molar-refractivity contribution in [2.75, 3.05) is 24.5 Å². The molecule has 4 rings (SSSR count). The number of para-hydroxylation sites is 2. The molecule has 0 atom stereocenters. The molecule has 0 radical (unpaired) electrons. The molecule has 0 aliphatic carbocycles. The minimum atomic E-state index is -0.186. The molecule has 7 heteroatoms. The van der Waals surface area contributed by atoms with Crippen LogP contribution in [0, 0.1) is 5.92 Å². The molecule has 6 nitrogen and oxygen atoms in total. The highest BCUT2D eigenvalue weighted by molar-refractivity contribution is 6.30. The normalized spacial score (nSPS) is 14.9. The molecule has 29 heavy (non-hydrogen) atoms. The molecule has 1 saturated heterocycles. The first-order valence-corrected chi connectivity index (χ1v) is 10.2. The zero-order valence-electron chi connectivity index (χ0n) is 16.0.